The van der Waals surface area contributed by atoms with Gasteiger partial charge in [-0.15, -0.1) is 0 Å². The topological polar surface area (TPSA) is 110 Å². The Bertz CT molecular complexity index is 1150. The normalized spacial score (nSPS) is 24.6. The lowest BCUT2D eigenvalue weighted by Crippen LogP contribution is -2.34. The van der Waals surface area contributed by atoms with Crippen molar-refractivity contribution in [2.24, 2.45) is 0 Å². The standard InChI is InChI=1S/C22H23ClN4O5/c1-27(2)12-5-3-11(4-6-12)16(28)8-14-13(23)7-15-21(24-14)26-22(25-15)32-18-10-31-19-17(29)9-30-20(18)19/h3-7,17-20,29H,8-10H2,1-2H3,(H,24,25,26)/t17-,18-,19-,20-/m1/s1. The summed E-state index contributed by atoms with van der Waals surface area (Å²) in [5.41, 5.74) is 3.05. The Hall–Kier alpha value is -2.72. The summed E-state index contributed by atoms with van der Waals surface area (Å²) in [4.78, 5) is 26.6. The number of benzene rings is 1. The minimum atomic E-state index is -0.649. The first-order chi connectivity index (χ1) is 15.4. The quantitative estimate of drug-likeness (QED) is 0.540. The van der Waals surface area contributed by atoms with Crippen LogP contribution >= 0.6 is 11.6 Å². The summed E-state index contributed by atoms with van der Waals surface area (Å²) in [6.45, 7) is 0.520. The van der Waals surface area contributed by atoms with Gasteiger partial charge in [-0.2, -0.15) is 4.98 Å². The second-order valence-electron chi connectivity index (χ2n) is 8.19. The molecular formula is C22H23ClN4O5. The number of hydrogen-bond acceptors (Lipinski definition) is 8. The van der Waals surface area contributed by atoms with Crippen molar-refractivity contribution < 1.29 is 24.1 Å². The van der Waals surface area contributed by atoms with Gasteiger partial charge in [-0.1, -0.05) is 11.6 Å². The van der Waals surface area contributed by atoms with Gasteiger partial charge >= 0.3 is 0 Å². The molecule has 0 spiro atoms. The first-order valence-electron chi connectivity index (χ1n) is 10.3. The lowest BCUT2D eigenvalue weighted by Gasteiger charge is -2.15. The largest absolute Gasteiger partial charge is 0.456 e. The summed E-state index contributed by atoms with van der Waals surface area (Å²) in [5, 5.41) is 10.2. The van der Waals surface area contributed by atoms with Crippen LogP contribution < -0.4 is 9.64 Å². The number of nitrogens with zero attached hydrogens (tertiary/aromatic N) is 3. The van der Waals surface area contributed by atoms with Crippen molar-refractivity contribution in [2.45, 2.75) is 30.8 Å². The maximum Gasteiger partial charge on any atom is 0.296 e. The van der Waals surface area contributed by atoms with Gasteiger partial charge in [0.05, 0.1) is 35.9 Å². The van der Waals surface area contributed by atoms with Crippen LogP contribution in [0.1, 0.15) is 16.1 Å². The fourth-order valence-electron chi connectivity index (χ4n) is 4.00. The van der Waals surface area contributed by atoms with E-state index in [4.69, 9.17) is 25.8 Å². The number of aromatic nitrogens is 3. The lowest BCUT2D eigenvalue weighted by atomic mass is 10.1. The van der Waals surface area contributed by atoms with Crippen molar-refractivity contribution in [3.05, 3.63) is 46.6 Å². The number of H-pyrrole nitrogens is 1. The minimum absolute atomic E-state index is 0.0606. The summed E-state index contributed by atoms with van der Waals surface area (Å²) in [7, 11) is 3.89. The van der Waals surface area contributed by atoms with E-state index in [0.29, 0.717) is 34.1 Å². The predicted octanol–water partition coefficient (Wildman–Crippen LogP) is 2.01. The number of aliphatic hydroxyl groups is 1. The Morgan fingerprint density at radius 2 is 1.97 bits per heavy atom. The summed E-state index contributed by atoms with van der Waals surface area (Å²) >= 11 is 6.39. The summed E-state index contributed by atoms with van der Waals surface area (Å²) in [6, 6.07) is 9.32. The highest BCUT2D eigenvalue weighted by Crippen LogP contribution is 2.30. The molecule has 0 amide bonds. The average Bonchev–Trinajstić information content (AvgIpc) is 3.45. The Morgan fingerprint density at radius 3 is 2.72 bits per heavy atom. The zero-order valence-electron chi connectivity index (χ0n) is 17.6. The SMILES string of the molecule is CN(C)c1ccc(C(=O)Cc2nc3nc(O[C@@H]4CO[C@H]5[C@@H]4OC[C@H]5O)[nH]c3cc2Cl)cc1. The number of fused-ring (bicyclic) bond motifs is 2. The summed E-state index contributed by atoms with van der Waals surface area (Å²) in [6.07, 6.45) is -1.71. The molecule has 2 N–H and O–H groups in total. The van der Waals surface area contributed by atoms with Crippen LogP contribution in [0.15, 0.2) is 30.3 Å². The van der Waals surface area contributed by atoms with Gasteiger partial charge in [-0.3, -0.25) is 4.79 Å². The number of aromatic amines is 1. The van der Waals surface area contributed by atoms with Crippen LogP contribution in [-0.2, 0) is 15.9 Å². The average molecular weight is 459 g/mol. The molecule has 9 nitrogen and oxygen atoms in total. The molecule has 5 rings (SSSR count). The molecule has 2 saturated heterocycles. The fraction of sp³-hybridized carbons (Fsp3) is 0.409. The molecule has 2 aliphatic rings. The van der Waals surface area contributed by atoms with Crippen molar-refractivity contribution in [3.63, 3.8) is 0 Å². The van der Waals surface area contributed by atoms with Crippen LogP contribution in [0, 0.1) is 0 Å². The number of anilines is 1. The summed E-state index contributed by atoms with van der Waals surface area (Å²) in [5.74, 6) is -0.0813. The molecule has 2 aliphatic heterocycles. The van der Waals surface area contributed by atoms with Gasteiger partial charge in [0.25, 0.3) is 6.01 Å². The third-order valence-corrected chi connectivity index (χ3v) is 6.08. The van der Waals surface area contributed by atoms with E-state index in [1.165, 1.54) is 0 Å². The molecule has 32 heavy (non-hydrogen) atoms. The number of ketones is 1. The minimum Gasteiger partial charge on any atom is -0.456 e. The molecule has 2 aromatic heterocycles. The number of imidazole rings is 1. The highest BCUT2D eigenvalue weighted by molar-refractivity contribution is 6.32. The van der Waals surface area contributed by atoms with E-state index in [-0.39, 0.29) is 43.1 Å². The molecule has 4 atom stereocenters. The molecule has 0 bridgehead atoms. The van der Waals surface area contributed by atoms with E-state index in [1.54, 1.807) is 18.2 Å². The van der Waals surface area contributed by atoms with Crippen LogP contribution in [-0.4, -0.2) is 77.6 Å². The van der Waals surface area contributed by atoms with Crippen molar-refractivity contribution in [1.82, 2.24) is 15.0 Å². The highest BCUT2D eigenvalue weighted by Gasteiger charge is 2.48. The van der Waals surface area contributed by atoms with Crippen LogP contribution in [0.25, 0.3) is 11.2 Å². The number of rotatable bonds is 6. The second kappa shape index (κ2) is 8.32. The van der Waals surface area contributed by atoms with Gasteiger partial charge < -0.3 is 29.2 Å². The van der Waals surface area contributed by atoms with E-state index in [1.807, 2.05) is 31.1 Å². The third kappa shape index (κ3) is 3.93. The Morgan fingerprint density at radius 1 is 1.22 bits per heavy atom. The number of aliphatic hydroxyl groups excluding tert-OH is 1. The van der Waals surface area contributed by atoms with E-state index >= 15 is 0 Å². The molecular weight excluding hydrogens is 436 g/mol. The van der Waals surface area contributed by atoms with Gasteiger partial charge in [-0.05, 0) is 30.3 Å². The molecule has 168 valence electrons. The number of pyridine rings is 1. The van der Waals surface area contributed by atoms with Crippen LogP contribution in [0.2, 0.25) is 5.02 Å². The van der Waals surface area contributed by atoms with Crippen LogP contribution in [0.3, 0.4) is 0 Å². The van der Waals surface area contributed by atoms with E-state index < -0.39 is 6.10 Å². The first-order valence-corrected chi connectivity index (χ1v) is 10.7. The lowest BCUT2D eigenvalue weighted by molar-refractivity contribution is 0.00706. The number of hydrogen-bond donors (Lipinski definition) is 2. The smallest absolute Gasteiger partial charge is 0.296 e. The van der Waals surface area contributed by atoms with Crippen LogP contribution in [0.5, 0.6) is 6.01 Å². The number of carbonyl (C=O) groups is 1. The van der Waals surface area contributed by atoms with Gasteiger partial charge in [0.15, 0.2) is 17.5 Å². The van der Waals surface area contributed by atoms with Crippen molar-refractivity contribution in [2.75, 3.05) is 32.2 Å². The van der Waals surface area contributed by atoms with Crippen molar-refractivity contribution in [1.29, 1.82) is 0 Å². The van der Waals surface area contributed by atoms with E-state index in [2.05, 4.69) is 15.0 Å². The molecule has 0 radical (unpaired) electrons. The Labute approximate surface area is 189 Å². The number of halogens is 1. The third-order valence-electron chi connectivity index (χ3n) is 5.76. The number of nitrogens with one attached hydrogen (secondary N) is 1. The molecule has 0 aliphatic carbocycles. The summed E-state index contributed by atoms with van der Waals surface area (Å²) < 4.78 is 17.0. The fourth-order valence-corrected chi connectivity index (χ4v) is 4.22. The van der Waals surface area contributed by atoms with Crippen molar-refractivity contribution in [3.8, 4) is 6.01 Å². The van der Waals surface area contributed by atoms with Gasteiger partial charge in [-0.25, -0.2) is 4.98 Å². The molecule has 0 saturated carbocycles. The van der Waals surface area contributed by atoms with Crippen LogP contribution in [0.4, 0.5) is 5.69 Å². The monoisotopic (exact) mass is 458 g/mol. The predicted molar refractivity (Wildman–Crippen MR) is 118 cm³/mol. The Kier molecular flexibility index (Phi) is 5.50. The molecule has 0 unspecified atom stereocenters. The molecule has 2 fully saturated rings. The molecule has 1 aromatic carbocycles. The highest BCUT2D eigenvalue weighted by atomic mass is 35.5. The van der Waals surface area contributed by atoms with Gasteiger partial charge in [0.2, 0.25) is 0 Å². The molecule has 10 heteroatoms. The number of Topliss-reactive ketones (excluding diaryl/α,β-unsaturated/α-hetero) is 1. The van der Waals surface area contributed by atoms with Gasteiger partial charge in [0, 0.05) is 25.3 Å². The van der Waals surface area contributed by atoms with Crippen molar-refractivity contribution >= 4 is 34.2 Å². The maximum atomic E-state index is 12.7. The van der Waals surface area contributed by atoms with E-state index in [9.17, 15) is 9.90 Å². The number of ether oxygens (including phenoxy) is 3. The zero-order chi connectivity index (χ0) is 22.4. The number of carbonyl (C=O) groups excluding carboxylic acids is 1. The molecule has 3 aromatic rings. The van der Waals surface area contributed by atoms with E-state index in [0.717, 1.165) is 5.69 Å². The van der Waals surface area contributed by atoms with Gasteiger partial charge in [0.1, 0.15) is 18.3 Å². The first kappa shape index (κ1) is 21.1. The zero-order valence-corrected chi connectivity index (χ0v) is 18.4. The Balaban J connectivity index is 1.32. The molecule has 4 heterocycles. The maximum absolute atomic E-state index is 12.7. The second-order valence-corrected chi connectivity index (χ2v) is 8.60.